The third-order valence-corrected chi connectivity index (χ3v) is 12.6. The van der Waals surface area contributed by atoms with Gasteiger partial charge in [0, 0.05) is 60.2 Å². The lowest BCUT2D eigenvalue weighted by Gasteiger charge is -2.29. The molecule has 13 aromatic rings. The van der Waals surface area contributed by atoms with Gasteiger partial charge in [0.1, 0.15) is 22.3 Å². The van der Waals surface area contributed by atoms with Gasteiger partial charge >= 0.3 is 0 Å². The standard InChI is InChI=1S/C58H36N2O2/c1-2-15-42-37(13-1)14-11-24-50(42)60(41-31-27-38(28-32-41)43-20-12-21-48-46-18-5-9-25-54(46)61-57(43)48)53-36-35-49-47-19-6-10-26-55(47)62-58(49)56(53)39-29-33-40(34-30-39)59-51-22-7-3-16-44(51)45-17-4-8-23-52(45)59/h1-36H. The van der Waals surface area contributed by atoms with Crippen molar-refractivity contribution in [1.29, 1.82) is 0 Å². The van der Waals surface area contributed by atoms with Crippen LogP contribution in [0.15, 0.2) is 227 Å². The minimum Gasteiger partial charge on any atom is -0.455 e. The van der Waals surface area contributed by atoms with Crippen LogP contribution in [0.3, 0.4) is 0 Å². The first-order valence-electron chi connectivity index (χ1n) is 21.1. The number of benzene rings is 10. The molecule has 10 aromatic carbocycles. The zero-order valence-corrected chi connectivity index (χ0v) is 33.5. The average Bonchev–Trinajstić information content (AvgIpc) is 4.02. The van der Waals surface area contributed by atoms with Crippen LogP contribution >= 0.6 is 0 Å². The molecule has 0 bridgehead atoms. The molecule has 0 aliphatic rings. The Kier molecular flexibility index (Phi) is 7.57. The Morgan fingerprint density at radius 3 is 1.58 bits per heavy atom. The average molecular weight is 793 g/mol. The van der Waals surface area contributed by atoms with Gasteiger partial charge < -0.3 is 18.3 Å². The van der Waals surface area contributed by atoms with E-state index in [1.165, 1.54) is 27.2 Å². The van der Waals surface area contributed by atoms with E-state index in [9.17, 15) is 0 Å². The van der Waals surface area contributed by atoms with Gasteiger partial charge in [0.15, 0.2) is 0 Å². The molecule has 3 aromatic heterocycles. The number of nitrogens with zero attached hydrogens (tertiary/aromatic N) is 2. The van der Waals surface area contributed by atoms with E-state index in [2.05, 4.69) is 210 Å². The topological polar surface area (TPSA) is 34.5 Å². The van der Waals surface area contributed by atoms with E-state index >= 15 is 0 Å². The number of hydrogen-bond donors (Lipinski definition) is 0. The van der Waals surface area contributed by atoms with Crippen LogP contribution in [0.5, 0.6) is 0 Å². The third kappa shape index (κ3) is 5.20. The second-order valence-corrected chi connectivity index (χ2v) is 16.0. The molecule has 3 heterocycles. The van der Waals surface area contributed by atoms with Crippen molar-refractivity contribution in [2.75, 3.05) is 4.90 Å². The highest BCUT2D eigenvalue weighted by Crippen LogP contribution is 2.49. The van der Waals surface area contributed by atoms with Gasteiger partial charge in [-0.15, -0.1) is 0 Å². The number of rotatable bonds is 6. The molecule has 0 saturated heterocycles. The lowest BCUT2D eigenvalue weighted by Crippen LogP contribution is -2.12. The summed E-state index contributed by atoms with van der Waals surface area (Å²) in [5.41, 5.74) is 14.3. The Bertz CT molecular complexity index is 3810. The van der Waals surface area contributed by atoms with Gasteiger partial charge in [-0.2, -0.15) is 0 Å². The van der Waals surface area contributed by atoms with Crippen LogP contribution in [0, 0.1) is 0 Å². The van der Waals surface area contributed by atoms with Crippen molar-refractivity contribution in [3.63, 3.8) is 0 Å². The predicted octanol–water partition coefficient (Wildman–Crippen LogP) is 16.5. The zero-order valence-electron chi connectivity index (χ0n) is 33.5. The van der Waals surface area contributed by atoms with Crippen LogP contribution in [0.2, 0.25) is 0 Å². The lowest BCUT2D eigenvalue weighted by molar-refractivity contribution is 0.669. The smallest absolute Gasteiger partial charge is 0.145 e. The molecule has 0 aliphatic carbocycles. The molecule has 0 atom stereocenters. The molecule has 0 fully saturated rings. The van der Waals surface area contributed by atoms with Crippen molar-refractivity contribution < 1.29 is 8.83 Å². The van der Waals surface area contributed by atoms with Gasteiger partial charge in [-0.1, -0.05) is 152 Å². The largest absolute Gasteiger partial charge is 0.455 e. The van der Waals surface area contributed by atoms with Gasteiger partial charge in [-0.05, 0) is 83.2 Å². The summed E-state index contributed by atoms with van der Waals surface area (Å²) < 4.78 is 15.8. The van der Waals surface area contributed by atoms with Gasteiger partial charge in [0.05, 0.1) is 22.4 Å². The van der Waals surface area contributed by atoms with Gasteiger partial charge in [0.2, 0.25) is 0 Å². The summed E-state index contributed by atoms with van der Waals surface area (Å²) in [7, 11) is 0. The fraction of sp³-hybridized carbons (Fsp3) is 0. The number of para-hydroxylation sites is 5. The molecular weight excluding hydrogens is 757 g/mol. The first-order valence-corrected chi connectivity index (χ1v) is 21.1. The Hall–Kier alpha value is -8.34. The number of aromatic nitrogens is 1. The van der Waals surface area contributed by atoms with Crippen molar-refractivity contribution in [1.82, 2.24) is 4.57 Å². The molecule has 4 nitrogen and oxygen atoms in total. The molecule has 4 heteroatoms. The highest BCUT2D eigenvalue weighted by Gasteiger charge is 2.24. The van der Waals surface area contributed by atoms with E-state index in [4.69, 9.17) is 8.83 Å². The Labute approximate surface area is 356 Å². The minimum atomic E-state index is 0.853. The van der Waals surface area contributed by atoms with Crippen molar-refractivity contribution in [2.45, 2.75) is 0 Å². The molecule has 0 radical (unpaired) electrons. The second kappa shape index (κ2) is 13.6. The van der Waals surface area contributed by atoms with Crippen molar-refractivity contribution in [2.24, 2.45) is 0 Å². The fourth-order valence-corrected chi connectivity index (χ4v) is 9.80. The summed E-state index contributed by atoms with van der Waals surface area (Å²) in [5.74, 6) is 0. The lowest BCUT2D eigenvalue weighted by atomic mass is 9.97. The van der Waals surface area contributed by atoms with Crippen LogP contribution < -0.4 is 4.90 Å². The van der Waals surface area contributed by atoms with Gasteiger partial charge in [-0.25, -0.2) is 0 Å². The van der Waals surface area contributed by atoms with Crippen LogP contribution in [-0.2, 0) is 0 Å². The van der Waals surface area contributed by atoms with Crippen LogP contribution in [0.25, 0.3) is 104 Å². The maximum absolute atomic E-state index is 6.91. The van der Waals surface area contributed by atoms with Gasteiger partial charge in [0.25, 0.3) is 0 Å². The minimum absolute atomic E-state index is 0.853. The molecule has 0 aliphatic heterocycles. The summed E-state index contributed by atoms with van der Waals surface area (Å²) in [6.45, 7) is 0. The Morgan fingerprint density at radius 1 is 0.339 bits per heavy atom. The number of anilines is 3. The van der Waals surface area contributed by atoms with Gasteiger partial charge in [-0.3, -0.25) is 0 Å². The van der Waals surface area contributed by atoms with E-state index in [-0.39, 0.29) is 0 Å². The first-order chi connectivity index (χ1) is 30.8. The zero-order chi connectivity index (χ0) is 40.7. The maximum Gasteiger partial charge on any atom is 0.145 e. The van der Waals surface area contributed by atoms with Crippen LogP contribution in [0.1, 0.15) is 0 Å². The fourth-order valence-electron chi connectivity index (χ4n) is 9.80. The SMILES string of the molecule is c1ccc2c(N(c3ccc(-c4cccc5c4oc4ccccc45)cc3)c3ccc4c(oc5ccccc54)c3-c3ccc(-n4c5ccccc5c5ccccc54)cc3)cccc2c1. The molecule has 0 spiro atoms. The summed E-state index contributed by atoms with van der Waals surface area (Å²) in [6, 6.07) is 77.9. The molecule has 0 N–H and O–H groups in total. The molecule has 0 amide bonds. The summed E-state index contributed by atoms with van der Waals surface area (Å²) in [4.78, 5) is 2.40. The number of hydrogen-bond acceptors (Lipinski definition) is 3. The van der Waals surface area contributed by atoms with E-state index < -0.39 is 0 Å². The van der Waals surface area contributed by atoms with E-state index in [0.29, 0.717) is 0 Å². The number of furan rings is 2. The Balaban J connectivity index is 1.03. The van der Waals surface area contributed by atoms with Crippen molar-refractivity contribution in [3.8, 4) is 27.9 Å². The van der Waals surface area contributed by atoms with E-state index in [0.717, 1.165) is 94.3 Å². The van der Waals surface area contributed by atoms with Crippen molar-refractivity contribution >= 4 is 93.5 Å². The highest BCUT2D eigenvalue weighted by atomic mass is 16.3. The Morgan fingerprint density at radius 2 is 0.871 bits per heavy atom. The second-order valence-electron chi connectivity index (χ2n) is 16.0. The highest BCUT2D eigenvalue weighted by molar-refractivity contribution is 6.15. The molecular formula is C58H36N2O2. The third-order valence-electron chi connectivity index (χ3n) is 12.6. The summed E-state index contributed by atoms with van der Waals surface area (Å²) in [6.07, 6.45) is 0. The summed E-state index contributed by atoms with van der Waals surface area (Å²) >= 11 is 0. The molecule has 13 rings (SSSR count). The molecule has 62 heavy (non-hydrogen) atoms. The number of fused-ring (bicyclic) bond motifs is 10. The maximum atomic E-state index is 6.91. The normalized spacial score (nSPS) is 11.9. The summed E-state index contributed by atoms with van der Waals surface area (Å²) in [5, 5.41) is 9.23. The predicted molar refractivity (Wildman–Crippen MR) is 258 cm³/mol. The quantitative estimate of drug-likeness (QED) is 0.168. The monoisotopic (exact) mass is 792 g/mol. The molecule has 0 unspecified atom stereocenters. The van der Waals surface area contributed by atoms with Crippen LogP contribution in [-0.4, -0.2) is 4.57 Å². The van der Waals surface area contributed by atoms with E-state index in [1.807, 2.05) is 18.2 Å². The molecule has 290 valence electrons. The van der Waals surface area contributed by atoms with Crippen LogP contribution in [0.4, 0.5) is 17.1 Å². The van der Waals surface area contributed by atoms with Crippen molar-refractivity contribution in [3.05, 3.63) is 218 Å². The van der Waals surface area contributed by atoms with E-state index in [1.54, 1.807) is 0 Å². The first kappa shape index (κ1) is 34.5. The molecule has 0 saturated carbocycles.